The van der Waals surface area contributed by atoms with E-state index in [0.29, 0.717) is 0 Å². The highest BCUT2D eigenvalue weighted by Crippen LogP contribution is 2.21. The first kappa shape index (κ1) is 14.2. The number of anilines is 1. The molecule has 1 amide bonds. The van der Waals surface area contributed by atoms with Crippen molar-refractivity contribution in [1.29, 1.82) is 5.26 Å². The molecule has 1 N–H and O–H groups in total. The molecule has 0 heterocycles. The molecule has 100 valence electrons. The van der Waals surface area contributed by atoms with Gasteiger partial charge >= 0.3 is 0 Å². The maximum atomic E-state index is 13.7. The molecule has 0 saturated heterocycles. The number of nitrogens with one attached hydrogen (secondary N) is 1. The van der Waals surface area contributed by atoms with E-state index < -0.39 is 17.5 Å². The van der Waals surface area contributed by atoms with Gasteiger partial charge in [-0.3, -0.25) is 4.79 Å². The van der Waals surface area contributed by atoms with E-state index in [-0.39, 0.29) is 21.3 Å². The molecule has 0 spiro atoms. The predicted molar refractivity (Wildman–Crippen MR) is 73.2 cm³/mol. The molecule has 0 radical (unpaired) electrons. The van der Waals surface area contributed by atoms with Gasteiger partial charge in [-0.15, -0.1) is 0 Å². The van der Waals surface area contributed by atoms with Crippen molar-refractivity contribution in [2.45, 2.75) is 0 Å². The van der Waals surface area contributed by atoms with Gasteiger partial charge in [0.15, 0.2) is 0 Å². The zero-order valence-electron chi connectivity index (χ0n) is 9.95. The lowest BCUT2D eigenvalue weighted by molar-refractivity contribution is 0.102. The first-order chi connectivity index (χ1) is 9.52. The second kappa shape index (κ2) is 5.80. The SMILES string of the molecule is N#Cc1ccc(NC(=O)c2cccc(Br)c2F)c(F)c1. The van der Waals surface area contributed by atoms with Crippen LogP contribution in [0.4, 0.5) is 14.5 Å². The molecule has 2 rings (SSSR count). The van der Waals surface area contributed by atoms with Gasteiger partial charge in [-0.25, -0.2) is 8.78 Å². The molecule has 0 aromatic heterocycles. The Bertz CT molecular complexity index is 726. The molecule has 0 fully saturated rings. The Morgan fingerprint density at radius 3 is 2.65 bits per heavy atom. The largest absolute Gasteiger partial charge is 0.319 e. The molecule has 3 nitrogen and oxygen atoms in total. The van der Waals surface area contributed by atoms with Gasteiger partial charge in [-0.05, 0) is 46.3 Å². The highest BCUT2D eigenvalue weighted by molar-refractivity contribution is 9.10. The van der Waals surface area contributed by atoms with Gasteiger partial charge in [0.05, 0.1) is 27.4 Å². The van der Waals surface area contributed by atoms with E-state index in [2.05, 4.69) is 21.2 Å². The third-order valence-corrected chi connectivity index (χ3v) is 3.16. The van der Waals surface area contributed by atoms with E-state index in [0.717, 1.165) is 6.07 Å². The summed E-state index contributed by atoms with van der Waals surface area (Å²) < 4.78 is 27.5. The maximum Gasteiger partial charge on any atom is 0.258 e. The molecule has 0 aliphatic heterocycles. The summed E-state index contributed by atoms with van der Waals surface area (Å²) in [5.74, 6) is -2.25. The molecule has 2 aromatic rings. The second-order valence-corrected chi connectivity index (χ2v) is 4.72. The lowest BCUT2D eigenvalue weighted by Crippen LogP contribution is -2.15. The van der Waals surface area contributed by atoms with Gasteiger partial charge in [0.25, 0.3) is 5.91 Å². The number of hydrogen-bond donors (Lipinski definition) is 1. The van der Waals surface area contributed by atoms with Crippen molar-refractivity contribution in [3.05, 3.63) is 63.6 Å². The number of hydrogen-bond acceptors (Lipinski definition) is 2. The third-order valence-electron chi connectivity index (χ3n) is 2.54. The number of halogens is 3. The van der Waals surface area contributed by atoms with Crippen LogP contribution in [0.25, 0.3) is 0 Å². The van der Waals surface area contributed by atoms with Crippen LogP contribution in [0.5, 0.6) is 0 Å². The molecule has 0 aliphatic rings. The number of nitriles is 1. The summed E-state index contributed by atoms with van der Waals surface area (Å²) in [6.45, 7) is 0. The lowest BCUT2D eigenvalue weighted by Gasteiger charge is -2.08. The molecule has 0 saturated carbocycles. The first-order valence-corrected chi connectivity index (χ1v) is 6.27. The van der Waals surface area contributed by atoms with Crippen LogP contribution in [0, 0.1) is 23.0 Å². The minimum atomic E-state index is -0.771. The molecule has 20 heavy (non-hydrogen) atoms. The fourth-order valence-corrected chi connectivity index (χ4v) is 1.92. The zero-order chi connectivity index (χ0) is 14.7. The number of amides is 1. The number of carbonyl (C=O) groups is 1. The minimum absolute atomic E-state index is 0.117. The van der Waals surface area contributed by atoms with Crippen LogP contribution in [0.2, 0.25) is 0 Å². The fourth-order valence-electron chi connectivity index (χ4n) is 1.55. The Morgan fingerprint density at radius 2 is 2.00 bits per heavy atom. The maximum absolute atomic E-state index is 13.7. The molecule has 2 aromatic carbocycles. The van der Waals surface area contributed by atoms with Gasteiger partial charge in [0.1, 0.15) is 11.6 Å². The summed E-state index contributed by atoms with van der Waals surface area (Å²) >= 11 is 2.97. The Morgan fingerprint density at radius 1 is 1.25 bits per heavy atom. The predicted octanol–water partition coefficient (Wildman–Crippen LogP) is 3.85. The Kier molecular flexibility index (Phi) is 4.11. The summed E-state index contributed by atoms with van der Waals surface area (Å²) in [5.41, 5.74) is -0.189. The number of rotatable bonds is 2. The van der Waals surface area contributed by atoms with Crippen molar-refractivity contribution in [2.75, 3.05) is 5.32 Å². The molecule has 0 unspecified atom stereocenters. The summed E-state index contributed by atoms with van der Waals surface area (Å²) in [6, 6.07) is 9.62. The third kappa shape index (κ3) is 2.83. The van der Waals surface area contributed by atoms with Crippen LogP contribution in [-0.4, -0.2) is 5.91 Å². The second-order valence-electron chi connectivity index (χ2n) is 3.86. The Hall–Kier alpha value is -2.26. The van der Waals surface area contributed by atoms with Crippen molar-refractivity contribution in [3.63, 3.8) is 0 Å². The van der Waals surface area contributed by atoms with Gasteiger partial charge in [0, 0.05) is 0 Å². The quantitative estimate of drug-likeness (QED) is 0.905. The number of benzene rings is 2. The summed E-state index contributed by atoms with van der Waals surface area (Å²) in [6.07, 6.45) is 0. The zero-order valence-corrected chi connectivity index (χ0v) is 11.5. The monoisotopic (exact) mass is 336 g/mol. The van der Waals surface area contributed by atoms with Gasteiger partial charge in [-0.2, -0.15) is 5.26 Å². The van der Waals surface area contributed by atoms with Gasteiger partial charge in [-0.1, -0.05) is 6.07 Å². The number of carbonyl (C=O) groups excluding carboxylic acids is 1. The van der Waals surface area contributed by atoms with Crippen LogP contribution >= 0.6 is 15.9 Å². The van der Waals surface area contributed by atoms with Crippen molar-refractivity contribution < 1.29 is 13.6 Å². The van der Waals surface area contributed by atoms with Crippen LogP contribution in [-0.2, 0) is 0 Å². The van der Waals surface area contributed by atoms with Crippen LogP contribution in [0.15, 0.2) is 40.9 Å². The highest BCUT2D eigenvalue weighted by atomic mass is 79.9. The molecular formula is C14H7BrF2N2O. The topological polar surface area (TPSA) is 52.9 Å². The molecular weight excluding hydrogens is 330 g/mol. The summed E-state index contributed by atoms with van der Waals surface area (Å²) in [7, 11) is 0. The summed E-state index contributed by atoms with van der Waals surface area (Å²) in [5, 5.41) is 10.9. The van der Waals surface area contributed by atoms with E-state index in [9.17, 15) is 13.6 Å². The number of nitrogens with zero attached hydrogens (tertiary/aromatic N) is 1. The van der Waals surface area contributed by atoms with Crippen LogP contribution < -0.4 is 5.32 Å². The lowest BCUT2D eigenvalue weighted by atomic mass is 10.1. The fraction of sp³-hybridized carbons (Fsp3) is 0. The average molecular weight is 337 g/mol. The van der Waals surface area contributed by atoms with Crippen molar-refractivity contribution in [1.82, 2.24) is 0 Å². The van der Waals surface area contributed by atoms with Crippen molar-refractivity contribution in [3.8, 4) is 6.07 Å². The highest BCUT2D eigenvalue weighted by Gasteiger charge is 2.15. The van der Waals surface area contributed by atoms with E-state index in [1.807, 2.05) is 0 Å². The Balaban J connectivity index is 2.29. The molecule has 0 bridgehead atoms. The Labute approximate surface area is 122 Å². The van der Waals surface area contributed by atoms with Crippen LogP contribution in [0.3, 0.4) is 0 Å². The van der Waals surface area contributed by atoms with E-state index in [1.165, 1.54) is 30.3 Å². The minimum Gasteiger partial charge on any atom is -0.319 e. The smallest absolute Gasteiger partial charge is 0.258 e. The van der Waals surface area contributed by atoms with Crippen molar-refractivity contribution in [2.24, 2.45) is 0 Å². The van der Waals surface area contributed by atoms with Crippen LogP contribution in [0.1, 0.15) is 15.9 Å². The standard InChI is InChI=1S/C14H7BrF2N2O/c15-10-3-1-2-9(13(10)17)14(20)19-12-5-4-8(7-18)6-11(12)16/h1-6H,(H,19,20). The normalized spacial score (nSPS) is 9.90. The van der Waals surface area contributed by atoms with Gasteiger partial charge < -0.3 is 5.32 Å². The van der Waals surface area contributed by atoms with E-state index in [1.54, 1.807) is 6.07 Å². The summed E-state index contributed by atoms with van der Waals surface area (Å²) in [4.78, 5) is 11.9. The molecule has 6 heteroatoms. The molecule has 0 atom stereocenters. The van der Waals surface area contributed by atoms with Gasteiger partial charge in [0.2, 0.25) is 0 Å². The average Bonchev–Trinajstić information content (AvgIpc) is 2.44. The van der Waals surface area contributed by atoms with E-state index in [4.69, 9.17) is 5.26 Å². The van der Waals surface area contributed by atoms with Crippen molar-refractivity contribution >= 4 is 27.5 Å². The van der Waals surface area contributed by atoms with E-state index >= 15 is 0 Å². The first-order valence-electron chi connectivity index (χ1n) is 5.48. The molecule has 0 aliphatic carbocycles.